The zero-order valence-electron chi connectivity index (χ0n) is 13.2. The van der Waals surface area contributed by atoms with E-state index >= 15 is 0 Å². The molecular weight excluding hydrogens is 322 g/mol. The highest BCUT2D eigenvalue weighted by Crippen LogP contribution is 2.22. The molecule has 0 fully saturated rings. The van der Waals surface area contributed by atoms with Crippen LogP contribution in [0.4, 0.5) is 0 Å². The summed E-state index contributed by atoms with van der Waals surface area (Å²) in [7, 11) is 1.62. The van der Waals surface area contributed by atoms with Gasteiger partial charge in [0.25, 0.3) is 0 Å². The van der Waals surface area contributed by atoms with Gasteiger partial charge in [0.15, 0.2) is 0 Å². The molecule has 1 aromatic carbocycles. The highest BCUT2D eigenvalue weighted by Gasteiger charge is 2.07. The molecule has 0 aliphatic rings. The van der Waals surface area contributed by atoms with Crippen molar-refractivity contribution >= 4 is 17.2 Å². The maximum atomic E-state index is 12.0. The number of carbonyl (C=O) groups excluding carboxylic acids is 1. The summed E-state index contributed by atoms with van der Waals surface area (Å²) in [4.78, 5) is 20.7. The van der Waals surface area contributed by atoms with Gasteiger partial charge in [0.1, 0.15) is 10.8 Å². The van der Waals surface area contributed by atoms with E-state index < -0.39 is 0 Å². The van der Waals surface area contributed by atoms with Crippen LogP contribution in [-0.4, -0.2) is 23.0 Å². The van der Waals surface area contributed by atoms with E-state index in [0.717, 1.165) is 27.6 Å². The van der Waals surface area contributed by atoms with E-state index in [1.165, 1.54) is 0 Å². The Labute approximate surface area is 144 Å². The van der Waals surface area contributed by atoms with Crippen LogP contribution in [0, 0.1) is 0 Å². The molecule has 0 radical (unpaired) electrons. The SMILES string of the molecule is COc1ccc(CC(=O)NCc2csc(-c3cccnc3)n2)cc1. The normalized spacial score (nSPS) is 10.4. The minimum atomic E-state index is -0.0314. The molecule has 0 bridgehead atoms. The first-order chi connectivity index (χ1) is 11.7. The van der Waals surface area contributed by atoms with Crippen molar-refractivity contribution in [3.8, 4) is 16.3 Å². The maximum Gasteiger partial charge on any atom is 0.224 e. The van der Waals surface area contributed by atoms with E-state index in [0.29, 0.717) is 13.0 Å². The molecule has 1 N–H and O–H groups in total. The minimum Gasteiger partial charge on any atom is -0.497 e. The zero-order valence-corrected chi connectivity index (χ0v) is 14.0. The predicted molar refractivity (Wildman–Crippen MR) is 93.9 cm³/mol. The number of aromatic nitrogens is 2. The Morgan fingerprint density at radius 3 is 2.79 bits per heavy atom. The molecule has 3 aromatic rings. The highest BCUT2D eigenvalue weighted by molar-refractivity contribution is 7.13. The lowest BCUT2D eigenvalue weighted by molar-refractivity contribution is -0.120. The number of nitrogens with zero attached hydrogens (tertiary/aromatic N) is 2. The van der Waals surface area contributed by atoms with E-state index in [-0.39, 0.29) is 5.91 Å². The molecule has 0 unspecified atom stereocenters. The number of nitrogens with one attached hydrogen (secondary N) is 1. The summed E-state index contributed by atoms with van der Waals surface area (Å²) in [6.45, 7) is 0.422. The van der Waals surface area contributed by atoms with E-state index in [2.05, 4.69) is 15.3 Å². The Balaban J connectivity index is 1.53. The largest absolute Gasteiger partial charge is 0.497 e. The van der Waals surface area contributed by atoms with Gasteiger partial charge < -0.3 is 10.1 Å². The summed E-state index contributed by atoms with van der Waals surface area (Å²) >= 11 is 1.55. The second-order valence-corrected chi connectivity index (χ2v) is 6.05. The first kappa shape index (κ1) is 16.1. The van der Waals surface area contributed by atoms with E-state index in [4.69, 9.17) is 4.74 Å². The summed E-state index contributed by atoms with van der Waals surface area (Å²) < 4.78 is 5.11. The van der Waals surface area contributed by atoms with Crippen LogP contribution in [0.25, 0.3) is 10.6 Å². The molecule has 2 aromatic heterocycles. The standard InChI is InChI=1S/C18H17N3O2S/c1-23-16-6-4-13(5-7-16)9-17(22)20-11-15-12-24-18(21-15)14-3-2-8-19-10-14/h2-8,10,12H,9,11H2,1H3,(H,20,22). The van der Waals surface area contributed by atoms with Crippen molar-refractivity contribution < 1.29 is 9.53 Å². The van der Waals surface area contributed by atoms with Crippen LogP contribution in [0.2, 0.25) is 0 Å². The lowest BCUT2D eigenvalue weighted by atomic mass is 10.1. The second-order valence-electron chi connectivity index (χ2n) is 5.19. The van der Waals surface area contributed by atoms with Crippen LogP contribution < -0.4 is 10.1 Å². The average Bonchev–Trinajstić information content (AvgIpc) is 3.10. The number of hydrogen-bond donors (Lipinski definition) is 1. The predicted octanol–water partition coefficient (Wildman–Crippen LogP) is 3.07. The molecular formula is C18H17N3O2S. The van der Waals surface area contributed by atoms with Gasteiger partial charge in [-0.05, 0) is 29.8 Å². The van der Waals surface area contributed by atoms with Gasteiger partial charge in [-0.15, -0.1) is 11.3 Å². The lowest BCUT2D eigenvalue weighted by Crippen LogP contribution is -2.24. The number of pyridine rings is 1. The van der Waals surface area contributed by atoms with Crippen LogP contribution in [0.3, 0.4) is 0 Å². The molecule has 1 amide bonds. The van der Waals surface area contributed by atoms with Crippen molar-refractivity contribution in [3.63, 3.8) is 0 Å². The van der Waals surface area contributed by atoms with E-state index in [9.17, 15) is 4.79 Å². The van der Waals surface area contributed by atoms with Gasteiger partial charge in [-0.2, -0.15) is 0 Å². The number of amides is 1. The smallest absolute Gasteiger partial charge is 0.224 e. The third-order valence-electron chi connectivity index (χ3n) is 3.45. The molecule has 24 heavy (non-hydrogen) atoms. The van der Waals surface area contributed by atoms with Crippen molar-refractivity contribution in [1.29, 1.82) is 0 Å². The van der Waals surface area contributed by atoms with Gasteiger partial charge in [0.05, 0.1) is 25.8 Å². The van der Waals surface area contributed by atoms with Gasteiger partial charge in [0.2, 0.25) is 5.91 Å². The monoisotopic (exact) mass is 339 g/mol. The van der Waals surface area contributed by atoms with Crippen LogP contribution in [0.15, 0.2) is 54.2 Å². The van der Waals surface area contributed by atoms with Crippen molar-refractivity contribution in [3.05, 3.63) is 65.4 Å². The summed E-state index contributed by atoms with van der Waals surface area (Å²) in [5, 5.41) is 5.76. The van der Waals surface area contributed by atoms with Crippen molar-refractivity contribution in [1.82, 2.24) is 15.3 Å². The number of carbonyl (C=O) groups is 1. The minimum absolute atomic E-state index is 0.0314. The second kappa shape index (κ2) is 7.70. The first-order valence-corrected chi connectivity index (χ1v) is 8.37. The molecule has 6 heteroatoms. The number of rotatable bonds is 6. The molecule has 5 nitrogen and oxygen atoms in total. The van der Waals surface area contributed by atoms with Crippen molar-refractivity contribution in [2.75, 3.05) is 7.11 Å². The van der Waals surface area contributed by atoms with Gasteiger partial charge in [0, 0.05) is 23.3 Å². The Bertz CT molecular complexity index is 801. The molecule has 2 heterocycles. The molecule has 0 saturated heterocycles. The molecule has 3 rings (SSSR count). The Hall–Kier alpha value is -2.73. The quantitative estimate of drug-likeness (QED) is 0.750. The molecule has 0 aliphatic carbocycles. The highest BCUT2D eigenvalue weighted by atomic mass is 32.1. The van der Waals surface area contributed by atoms with Crippen LogP contribution in [0.5, 0.6) is 5.75 Å². The fourth-order valence-corrected chi connectivity index (χ4v) is 3.00. The average molecular weight is 339 g/mol. The fourth-order valence-electron chi connectivity index (χ4n) is 2.19. The molecule has 122 valence electrons. The number of hydrogen-bond acceptors (Lipinski definition) is 5. The number of thiazole rings is 1. The zero-order chi connectivity index (χ0) is 16.8. The summed E-state index contributed by atoms with van der Waals surface area (Å²) in [6.07, 6.45) is 3.85. The fraction of sp³-hybridized carbons (Fsp3) is 0.167. The van der Waals surface area contributed by atoms with Gasteiger partial charge in [-0.25, -0.2) is 4.98 Å². The van der Waals surface area contributed by atoms with Crippen molar-refractivity contribution in [2.45, 2.75) is 13.0 Å². The Morgan fingerprint density at radius 2 is 2.08 bits per heavy atom. The van der Waals surface area contributed by atoms with Crippen LogP contribution in [-0.2, 0) is 17.8 Å². The van der Waals surface area contributed by atoms with E-state index in [1.54, 1.807) is 30.8 Å². The summed E-state index contributed by atoms with van der Waals surface area (Å²) in [6, 6.07) is 11.3. The van der Waals surface area contributed by atoms with E-state index in [1.807, 2.05) is 41.8 Å². The van der Waals surface area contributed by atoms with Crippen LogP contribution >= 0.6 is 11.3 Å². The molecule has 0 spiro atoms. The third kappa shape index (κ3) is 4.17. The lowest BCUT2D eigenvalue weighted by Gasteiger charge is -2.05. The summed E-state index contributed by atoms with van der Waals surface area (Å²) in [5.74, 6) is 0.751. The number of methoxy groups -OCH3 is 1. The summed E-state index contributed by atoms with van der Waals surface area (Å²) in [5.41, 5.74) is 2.78. The van der Waals surface area contributed by atoms with Gasteiger partial charge in [-0.1, -0.05) is 12.1 Å². The molecule has 0 aliphatic heterocycles. The van der Waals surface area contributed by atoms with Crippen molar-refractivity contribution in [2.24, 2.45) is 0 Å². The Kier molecular flexibility index (Phi) is 5.18. The van der Waals surface area contributed by atoms with Crippen LogP contribution in [0.1, 0.15) is 11.3 Å². The number of benzene rings is 1. The van der Waals surface area contributed by atoms with Gasteiger partial charge in [-0.3, -0.25) is 9.78 Å². The first-order valence-electron chi connectivity index (χ1n) is 7.49. The number of ether oxygens (including phenoxy) is 1. The topological polar surface area (TPSA) is 64.1 Å². The van der Waals surface area contributed by atoms with Gasteiger partial charge >= 0.3 is 0 Å². The molecule has 0 atom stereocenters. The maximum absolute atomic E-state index is 12.0. The molecule has 0 saturated carbocycles. The third-order valence-corrected chi connectivity index (χ3v) is 4.39. The Morgan fingerprint density at radius 1 is 1.25 bits per heavy atom.